The lowest BCUT2D eigenvalue weighted by atomic mass is 9.98. The summed E-state index contributed by atoms with van der Waals surface area (Å²) in [6.07, 6.45) is 0.149. The Labute approximate surface area is 163 Å². The standard InChI is InChI=1S/C21H23N3O4/c1-13(2)18-19(25)22-15-10-6-7-11-17(15)24(18)21(28)23-16(20(26)27)12-14-8-4-3-5-9-14/h3-11,13,16,18H,12H2,1-2H3,(H,22,25)(H,23,28)(H,26,27). The highest BCUT2D eigenvalue weighted by molar-refractivity contribution is 6.12. The molecule has 0 radical (unpaired) electrons. The van der Waals surface area contributed by atoms with Crippen LogP contribution < -0.4 is 15.5 Å². The molecule has 7 heteroatoms. The molecule has 0 saturated carbocycles. The molecule has 0 saturated heterocycles. The zero-order chi connectivity index (χ0) is 20.3. The third-order valence-electron chi connectivity index (χ3n) is 4.70. The molecule has 1 heterocycles. The van der Waals surface area contributed by atoms with Gasteiger partial charge in [-0.25, -0.2) is 9.59 Å². The number of hydrogen-bond donors (Lipinski definition) is 3. The Bertz CT molecular complexity index is 882. The molecule has 28 heavy (non-hydrogen) atoms. The number of para-hydroxylation sites is 2. The number of aliphatic carboxylic acids is 1. The van der Waals surface area contributed by atoms with Crippen molar-refractivity contribution < 1.29 is 19.5 Å². The van der Waals surface area contributed by atoms with Gasteiger partial charge in [0.15, 0.2) is 0 Å². The van der Waals surface area contributed by atoms with Crippen molar-refractivity contribution in [3.8, 4) is 0 Å². The monoisotopic (exact) mass is 381 g/mol. The van der Waals surface area contributed by atoms with E-state index in [2.05, 4.69) is 10.6 Å². The van der Waals surface area contributed by atoms with Gasteiger partial charge in [-0.2, -0.15) is 0 Å². The average Bonchev–Trinajstić information content (AvgIpc) is 2.66. The van der Waals surface area contributed by atoms with E-state index in [0.717, 1.165) is 5.56 Å². The van der Waals surface area contributed by atoms with Crippen molar-refractivity contribution in [3.63, 3.8) is 0 Å². The molecule has 2 aromatic rings. The van der Waals surface area contributed by atoms with Gasteiger partial charge in [-0.15, -0.1) is 0 Å². The number of carboxylic acids is 1. The minimum atomic E-state index is -1.13. The minimum Gasteiger partial charge on any atom is -0.480 e. The summed E-state index contributed by atoms with van der Waals surface area (Å²) < 4.78 is 0. The van der Waals surface area contributed by atoms with E-state index in [4.69, 9.17) is 0 Å². The maximum absolute atomic E-state index is 13.1. The highest BCUT2D eigenvalue weighted by Gasteiger charge is 2.39. The number of benzene rings is 2. The molecular weight excluding hydrogens is 358 g/mol. The lowest BCUT2D eigenvalue weighted by molar-refractivity contribution is -0.139. The van der Waals surface area contributed by atoms with Crippen molar-refractivity contribution in [2.24, 2.45) is 5.92 Å². The normalized spacial score (nSPS) is 16.9. The van der Waals surface area contributed by atoms with Crippen LogP contribution in [-0.2, 0) is 16.0 Å². The molecule has 1 aliphatic rings. The summed E-state index contributed by atoms with van der Waals surface area (Å²) in [5.41, 5.74) is 1.86. The Morgan fingerprint density at radius 1 is 1.11 bits per heavy atom. The van der Waals surface area contributed by atoms with E-state index < -0.39 is 24.1 Å². The summed E-state index contributed by atoms with van der Waals surface area (Å²) in [7, 11) is 0. The number of nitrogens with zero attached hydrogens (tertiary/aromatic N) is 1. The smallest absolute Gasteiger partial charge is 0.326 e. The van der Waals surface area contributed by atoms with Gasteiger partial charge in [0.05, 0.1) is 11.4 Å². The molecule has 1 aliphatic heterocycles. The van der Waals surface area contributed by atoms with Gasteiger partial charge in [0, 0.05) is 6.42 Å². The predicted molar refractivity (Wildman–Crippen MR) is 106 cm³/mol. The van der Waals surface area contributed by atoms with Crippen molar-refractivity contribution in [1.29, 1.82) is 0 Å². The van der Waals surface area contributed by atoms with Crippen LogP contribution >= 0.6 is 0 Å². The van der Waals surface area contributed by atoms with E-state index in [1.54, 1.807) is 24.3 Å². The van der Waals surface area contributed by atoms with E-state index in [1.807, 2.05) is 44.2 Å². The van der Waals surface area contributed by atoms with Gasteiger partial charge in [0.2, 0.25) is 5.91 Å². The molecule has 146 valence electrons. The van der Waals surface area contributed by atoms with Crippen molar-refractivity contribution in [2.75, 3.05) is 10.2 Å². The third kappa shape index (κ3) is 3.98. The first kappa shape index (κ1) is 19.4. The van der Waals surface area contributed by atoms with E-state index in [1.165, 1.54) is 4.90 Å². The fourth-order valence-corrected chi connectivity index (χ4v) is 3.37. The van der Waals surface area contributed by atoms with E-state index in [0.29, 0.717) is 11.4 Å². The Morgan fingerprint density at radius 3 is 2.39 bits per heavy atom. The number of hydrogen-bond acceptors (Lipinski definition) is 3. The second-order valence-corrected chi connectivity index (χ2v) is 7.10. The number of carboxylic acid groups (broad SMARTS) is 1. The number of urea groups is 1. The van der Waals surface area contributed by atoms with E-state index >= 15 is 0 Å². The van der Waals surface area contributed by atoms with Crippen LogP contribution in [0.2, 0.25) is 0 Å². The largest absolute Gasteiger partial charge is 0.480 e. The number of amides is 3. The maximum atomic E-state index is 13.1. The average molecular weight is 381 g/mol. The Balaban J connectivity index is 1.89. The lowest BCUT2D eigenvalue weighted by Crippen LogP contribution is -2.59. The van der Waals surface area contributed by atoms with E-state index in [9.17, 15) is 19.5 Å². The number of carbonyl (C=O) groups is 3. The van der Waals surface area contributed by atoms with Gasteiger partial charge in [-0.05, 0) is 23.6 Å². The van der Waals surface area contributed by atoms with Crippen molar-refractivity contribution >= 4 is 29.3 Å². The molecule has 3 rings (SSSR count). The third-order valence-corrected chi connectivity index (χ3v) is 4.70. The molecule has 0 fully saturated rings. The van der Waals surface area contributed by atoms with Crippen LogP contribution in [0.5, 0.6) is 0 Å². The van der Waals surface area contributed by atoms with Crippen LogP contribution in [-0.4, -0.2) is 35.1 Å². The van der Waals surface area contributed by atoms with Crippen LogP contribution in [0.4, 0.5) is 16.2 Å². The number of carbonyl (C=O) groups excluding carboxylic acids is 2. The number of anilines is 2. The van der Waals surface area contributed by atoms with Gasteiger partial charge >= 0.3 is 12.0 Å². The van der Waals surface area contributed by atoms with Gasteiger partial charge in [0.25, 0.3) is 0 Å². The molecule has 3 amide bonds. The second kappa shape index (κ2) is 8.12. The van der Waals surface area contributed by atoms with Gasteiger partial charge in [0.1, 0.15) is 12.1 Å². The molecule has 0 aromatic heterocycles. The molecule has 2 aromatic carbocycles. The molecule has 2 unspecified atom stereocenters. The Hall–Kier alpha value is -3.35. The van der Waals surface area contributed by atoms with E-state index in [-0.39, 0.29) is 18.2 Å². The van der Waals surface area contributed by atoms with Crippen molar-refractivity contribution in [1.82, 2.24) is 5.32 Å². The fraction of sp³-hybridized carbons (Fsp3) is 0.286. The first-order chi connectivity index (χ1) is 13.4. The van der Waals surface area contributed by atoms with Crippen LogP contribution in [0.15, 0.2) is 54.6 Å². The molecular formula is C21H23N3O4. The summed E-state index contributed by atoms with van der Waals surface area (Å²) in [6.45, 7) is 3.69. The second-order valence-electron chi connectivity index (χ2n) is 7.10. The number of fused-ring (bicyclic) bond motifs is 1. The SMILES string of the molecule is CC(C)C1C(=O)Nc2ccccc2N1C(=O)NC(Cc1ccccc1)C(=O)O. The summed E-state index contributed by atoms with van der Waals surface area (Å²) in [6, 6.07) is 13.6. The number of rotatable bonds is 5. The molecule has 0 spiro atoms. The Kier molecular flexibility index (Phi) is 5.63. The fourth-order valence-electron chi connectivity index (χ4n) is 3.37. The molecule has 0 aliphatic carbocycles. The molecule has 2 atom stereocenters. The first-order valence-corrected chi connectivity index (χ1v) is 9.15. The summed E-state index contributed by atoms with van der Waals surface area (Å²) in [4.78, 5) is 38.8. The highest BCUT2D eigenvalue weighted by atomic mass is 16.4. The van der Waals surface area contributed by atoms with Gasteiger partial charge in [-0.1, -0.05) is 56.3 Å². The maximum Gasteiger partial charge on any atom is 0.326 e. The zero-order valence-corrected chi connectivity index (χ0v) is 15.8. The Morgan fingerprint density at radius 2 is 1.75 bits per heavy atom. The molecule has 3 N–H and O–H groups in total. The topological polar surface area (TPSA) is 98.7 Å². The summed E-state index contributed by atoms with van der Waals surface area (Å²) in [5.74, 6) is -1.58. The summed E-state index contributed by atoms with van der Waals surface area (Å²) in [5, 5.41) is 15.0. The van der Waals surface area contributed by atoms with Crippen LogP contribution in [0.25, 0.3) is 0 Å². The van der Waals surface area contributed by atoms with Crippen LogP contribution in [0.1, 0.15) is 19.4 Å². The zero-order valence-electron chi connectivity index (χ0n) is 15.8. The van der Waals surface area contributed by atoms with Crippen LogP contribution in [0.3, 0.4) is 0 Å². The first-order valence-electron chi connectivity index (χ1n) is 9.15. The minimum absolute atomic E-state index is 0.149. The number of nitrogens with one attached hydrogen (secondary N) is 2. The van der Waals surface area contributed by atoms with Crippen molar-refractivity contribution in [3.05, 3.63) is 60.2 Å². The summed E-state index contributed by atoms with van der Waals surface area (Å²) >= 11 is 0. The van der Waals surface area contributed by atoms with Gasteiger partial charge < -0.3 is 15.7 Å². The quantitative estimate of drug-likeness (QED) is 0.742. The van der Waals surface area contributed by atoms with Crippen LogP contribution in [0, 0.1) is 5.92 Å². The molecule has 0 bridgehead atoms. The predicted octanol–water partition coefficient (Wildman–Crippen LogP) is 2.88. The highest BCUT2D eigenvalue weighted by Crippen LogP contribution is 2.34. The molecule has 7 nitrogen and oxygen atoms in total. The van der Waals surface area contributed by atoms with Gasteiger partial charge in [-0.3, -0.25) is 9.69 Å². The van der Waals surface area contributed by atoms with Crippen molar-refractivity contribution in [2.45, 2.75) is 32.4 Å². The lowest BCUT2D eigenvalue weighted by Gasteiger charge is -2.38.